The van der Waals surface area contributed by atoms with Crippen molar-refractivity contribution < 1.29 is 18.0 Å². The van der Waals surface area contributed by atoms with E-state index in [1.165, 1.54) is 12.1 Å². The van der Waals surface area contributed by atoms with Crippen molar-refractivity contribution in [1.29, 1.82) is 0 Å². The molecule has 0 bridgehead atoms. The second-order valence-electron chi connectivity index (χ2n) is 7.86. The van der Waals surface area contributed by atoms with Crippen LogP contribution in [0.1, 0.15) is 56.6 Å². The number of hydrogen-bond donors (Lipinski definition) is 2. The van der Waals surface area contributed by atoms with Crippen LogP contribution >= 0.6 is 24.0 Å². The third-order valence-electron chi connectivity index (χ3n) is 5.61. The molecule has 1 atom stereocenters. The lowest BCUT2D eigenvalue weighted by Crippen LogP contribution is -2.46. The van der Waals surface area contributed by atoms with E-state index < -0.39 is 11.7 Å². The van der Waals surface area contributed by atoms with Gasteiger partial charge in [0.1, 0.15) is 0 Å². The molecule has 0 aromatic heterocycles. The van der Waals surface area contributed by atoms with Crippen LogP contribution in [0.25, 0.3) is 0 Å². The first-order chi connectivity index (χ1) is 14.2. The minimum Gasteiger partial charge on any atom is -0.359 e. The quantitative estimate of drug-likeness (QED) is 0.294. The zero-order valence-corrected chi connectivity index (χ0v) is 20.8. The van der Waals surface area contributed by atoms with Crippen molar-refractivity contribution in [2.75, 3.05) is 33.2 Å². The molecule has 2 rings (SSSR count). The van der Waals surface area contributed by atoms with Gasteiger partial charge in [-0.05, 0) is 49.7 Å². The third-order valence-corrected chi connectivity index (χ3v) is 5.61. The Hall–Kier alpha value is -1.52. The van der Waals surface area contributed by atoms with Gasteiger partial charge in [0.2, 0.25) is 5.91 Å². The number of piperidine rings is 1. The van der Waals surface area contributed by atoms with Crippen molar-refractivity contribution in [3.63, 3.8) is 0 Å². The van der Waals surface area contributed by atoms with Crippen LogP contribution in [0.2, 0.25) is 0 Å². The summed E-state index contributed by atoms with van der Waals surface area (Å²) in [6, 6.07) is 5.54. The summed E-state index contributed by atoms with van der Waals surface area (Å²) in [6.07, 6.45) is -1.21. The summed E-state index contributed by atoms with van der Waals surface area (Å²) in [4.78, 5) is 18.5. The van der Waals surface area contributed by atoms with Crippen molar-refractivity contribution in [2.45, 2.75) is 51.6 Å². The number of guanidine groups is 1. The van der Waals surface area contributed by atoms with E-state index in [0.29, 0.717) is 30.9 Å². The fourth-order valence-corrected chi connectivity index (χ4v) is 3.69. The van der Waals surface area contributed by atoms with Gasteiger partial charge < -0.3 is 15.5 Å². The molecule has 1 aromatic carbocycles. The van der Waals surface area contributed by atoms with E-state index in [2.05, 4.69) is 15.5 Å². The highest BCUT2D eigenvalue weighted by atomic mass is 127. The van der Waals surface area contributed by atoms with E-state index in [1.807, 2.05) is 13.8 Å². The molecule has 2 N–H and O–H groups in total. The molecular weight excluding hydrogens is 520 g/mol. The van der Waals surface area contributed by atoms with Gasteiger partial charge in [-0.15, -0.1) is 24.0 Å². The number of benzene rings is 1. The number of aliphatic imine (C=N–C) groups is 1. The average Bonchev–Trinajstić information content (AvgIpc) is 2.73. The van der Waals surface area contributed by atoms with Crippen LogP contribution in [0.3, 0.4) is 0 Å². The van der Waals surface area contributed by atoms with Gasteiger partial charge in [0.05, 0.1) is 5.56 Å². The normalized spacial score (nSPS) is 16.5. The molecule has 1 aliphatic heterocycles. The Morgan fingerprint density at radius 2 is 1.97 bits per heavy atom. The third kappa shape index (κ3) is 8.86. The van der Waals surface area contributed by atoms with E-state index in [-0.39, 0.29) is 35.8 Å². The fourth-order valence-electron chi connectivity index (χ4n) is 3.69. The highest BCUT2D eigenvalue weighted by Gasteiger charge is 2.30. The summed E-state index contributed by atoms with van der Waals surface area (Å²) in [5.41, 5.74) is 0.0726. The number of alkyl halides is 3. The Balaban J connectivity index is 0.00000480. The van der Waals surface area contributed by atoms with Gasteiger partial charge in [0.25, 0.3) is 0 Å². The van der Waals surface area contributed by atoms with Gasteiger partial charge in [-0.1, -0.05) is 25.1 Å². The van der Waals surface area contributed by atoms with E-state index in [9.17, 15) is 18.0 Å². The topological polar surface area (TPSA) is 56.7 Å². The monoisotopic (exact) mass is 554 g/mol. The fraction of sp³-hybridized carbons (Fsp3) is 0.636. The van der Waals surface area contributed by atoms with Crippen molar-refractivity contribution >= 4 is 35.8 Å². The summed E-state index contributed by atoms with van der Waals surface area (Å²) < 4.78 is 38.8. The maximum absolute atomic E-state index is 12.9. The molecule has 1 heterocycles. The number of hydrogen-bond acceptors (Lipinski definition) is 2. The molecular formula is C22H34F3IN4O. The predicted octanol–water partition coefficient (Wildman–Crippen LogP) is 4.63. The summed E-state index contributed by atoms with van der Waals surface area (Å²) in [7, 11) is 1.66. The maximum Gasteiger partial charge on any atom is 0.416 e. The Labute approximate surface area is 200 Å². The van der Waals surface area contributed by atoms with Gasteiger partial charge in [0, 0.05) is 39.6 Å². The molecule has 0 radical (unpaired) electrons. The molecule has 176 valence electrons. The standard InChI is InChI=1S/C22H33F3N4O.HI/c1-4-27-21(29-12-9-17(10-13-29)14-20(30)26-3)28-11-8-16(2)18-6-5-7-19(15-18)22(23,24)25;/h5-7,15-17H,4,8-14H2,1-3H3,(H,26,30)(H,27,28);1H. The van der Waals surface area contributed by atoms with E-state index in [1.54, 1.807) is 13.1 Å². The minimum absolute atomic E-state index is 0. The molecule has 1 amide bonds. The molecule has 1 saturated heterocycles. The van der Waals surface area contributed by atoms with Crippen LogP contribution in [0.5, 0.6) is 0 Å². The Morgan fingerprint density at radius 1 is 1.29 bits per heavy atom. The summed E-state index contributed by atoms with van der Waals surface area (Å²) in [6.45, 7) is 6.92. The van der Waals surface area contributed by atoms with Crippen molar-refractivity contribution in [2.24, 2.45) is 10.9 Å². The summed E-state index contributed by atoms with van der Waals surface area (Å²) >= 11 is 0. The first-order valence-electron chi connectivity index (χ1n) is 10.7. The number of carbonyl (C=O) groups is 1. The molecule has 1 aliphatic rings. The first kappa shape index (κ1) is 27.5. The Bertz CT molecular complexity index is 719. The second kappa shape index (κ2) is 13.1. The molecule has 1 unspecified atom stereocenters. The summed E-state index contributed by atoms with van der Waals surface area (Å²) in [5, 5.41) is 5.99. The Kier molecular flexibility index (Phi) is 11.6. The molecule has 0 saturated carbocycles. The van der Waals surface area contributed by atoms with Crippen molar-refractivity contribution in [3.05, 3.63) is 35.4 Å². The zero-order valence-electron chi connectivity index (χ0n) is 18.5. The van der Waals surface area contributed by atoms with Crippen LogP contribution in [0, 0.1) is 5.92 Å². The lowest BCUT2D eigenvalue weighted by Gasteiger charge is -2.34. The highest BCUT2D eigenvalue weighted by Crippen LogP contribution is 2.31. The largest absolute Gasteiger partial charge is 0.416 e. The smallest absolute Gasteiger partial charge is 0.359 e. The number of rotatable bonds is 7. The maximum atomic E-state index is 12.9. The van der Waals surface area contributed by atoms with Gasteiger partial charge in [-0.2, -0.15) is 13.2 Å². The molecule has 31 heavy (non-hydrogen) atoms. The zero-order chi connectivity index (χ0) is 22.1. The molecule has 0 aliphatic carbocycles. The van der Waals surface area contributed by atoms with E-state index in [0.717, 1.165) is 44.5 Å². The molecule has 9 heteroatoms. The number of amides is 1. The van der Waals surface area contributed by atoms with Crippen molar-refractivity contribution in [3.8, 4) is 0 Å². The summed E-state index contributed by atoms with van der Waals surface area (Å²) in [5.74, 6) is 1.30. The second-order valence-corrected chi connectivity index (χ2v) is 7.86. The SMILES string of the molecule is CCNC(=NCCC(C)c1cccc(C(F)(F)F)c1)N1CCC(CC(=O)NC)CC1.I. The lowest BCUT2D eigenvalue weighted by molar-refractivity contribution is -0.137. The minimum atomic E-state index is -4.32. The molecule has 5 nitrogen and oxygen atoms in total. The number of carbonyl (C=O) groups excluding carboxylic acids is 1. The van der Waals surface area contributed by atoms with Gasteiger partial charge in [-0.3, -0.25) is 9.79 Å². The van der Waals surface area contributed by atoms with Gasteiger partial charge >= 0.3 is 6.18 Å². The Morgan fingerprint density at radius 3 is 2.55 bits per heavy atom. The molecule has 1 aromatic rings. The number of nitrogens with one attached hydrogen (secondary N) is 2. The molecule has 1 fully saturated rings. The molecule has 0 spiro atoms. The van der Waals surface area contributed by atoms with Gasteiger partial charge in [0.15, 0.2) is 5.96 Å². The van der Waals surface area contributed by atoms with Crippen molar-refractivity contribution in [1.82, 2.24) is 15.5 Å². The van der Waals surface area contributed by atoms with Crippen LogP contribution in [0.15, 0.2) is 29.3 Å². The highest BCUT2D eigenvalue weighted by molar-refractivity contribution is 14.0. The number of nitrogens with zero attached hydrogens (tertiary/aromatic N) is 2. The first-order valence-corrected chi connectivity index (χ1v) is 10.7. The number of halogens is 4. The van der Waals surface area contributed by atoms with Gasteiger partial charge in [-0.25, -0.2) is 0 Å². The van der Waals surface area contributed by atoms with E-state index in [4.69, 9.17) is 4.99 Å². The lowest BCUT2D eigenvalue weighted by atomic mass is 9.93. The van der Waals surface area contributed by atoms with Crippen LogP contribution < -0.4 is 10.6 Å². The van der Waals surface area contributed by atoms with Crippen LogP contribution in [0.4, 0.5) is 13.2 Å². The van der Waals surface area contributed by atoms with Crippen LogP contribution in [-0.4, -0.2) is 50.0 Å². The van der Waals surface area contributed by atoms with Crippen LogP contribution in [-0.2, 0) is 11.0 Å². The number of likely N-dealkylation sites (tertiary alicyclic amines) is 1. The predicted molar refractivity (Wildman–Crippen MR) is 129 cm³/mol. The average molecular weight is 554 g/mol. The van der Waals surface area contributed by atoms with E-state index >= 15 is 0 Å².